The van der Waals surface area contributed by atoms with Crippen molar-refractivity contribution in [2.24, 2.45) is 7.05 Å². The van der Waals surface area contributed by atoms with Crippen molar-refractivity contribution in [3.8, 4) is 0 Å². The second-order valence-corrected chi connectivity index (χ2v) is 4.75. The van der Waals surface area contributed by atoms with Gasteiger partial charge in [-0.3, -0.25) is 4.68 Å². The molecule has 2 rings (SSSR count). The smallest absolute Gasteiger partial charge is 0.0626 e. The summed E-state index contributed by atoms with van der Waals surface area (Å²) in [5.74, 6) is 0. The summed E-state index contributed by atoms with van der Waals surface area (Å²) in [4.78, 5) is 0. The Hall–Kier alpha value is -0.830. The molecule has 0 radical (unpaired) electrons. The highest BCUT2D eigenvalue weighted by atomic mass is 15.2. The molecular formula is C12H21N3. The molecule has 0 spiro atoms. The van der Waals surface area contributed by atoms with Crippen LogP contribution in [-0.4, -0.2) is 21.9 Å². The Morgan fingerprint density at radius 1 is 1.60 bits per heavy atom. The number of nitrogens with zero attached hydrogens (tertiary/aromatic N) is 2. The molecule has 1 aliphatic heterocycles. The number of hydrogen-bond acceptors (Lipinski definition) is 2. The highest BCUT2D eigenvalue weighted by Gasteiger charge is 2.32. The van der Waals surface area contributed by atoms with E-state index in [1.807, 2.05) is 11.7 Å². The molecule has 1 aliphatic rings. The number of rotatable bonds is 3. The lowest BCUT2D eigenvalue weighted by molar-refractivity contribution is 0.359. The van der Waals surface area contributed by atoms with Crippen molar-refractivity contribution in [3.05, 3.63) is 17.5 Å². The Labute approximate surface area is 91.9 Å². The van der Waals surface area contributed by atoms with Crippen LogP contribution in [0.2, 0.25) is 0 Å². The number of aryl methyl sites for hydroxylation is 2. The highest BCUT2D eigenvalue weighted by molar-refractivity contribution is 5.19. The van der Waals surface area contributed by atoms with Gasteiger partial charge in [0.15, 0.2) is 0 Å². The van der Waals surface area contributed by atoms with Gasteiger partial charge in [-0.05, 0) is 44.7 Å². The maximum absolute atomic E-state index is 4.41. The zero-order chi connectivity index (χ0) is 10.9. The molecule has 3 nitrogen and oxygen atoms in total. The van der Waals surface area contributed by atoms with Crippen LogP contribution in [0, 0.1) is 6.92 Å². The van der Waals surface area contributed by atoms with Crippen LogP contribution in [0.1, 0.15) is 37.4 Å². The van der Waals surface area contributed by atoms with E-state index in [1.165, 1.54) is 37.1 Å². The van der Waals surface area contributed by atoms with Gasteiger partial charge in [-0.1, -0.05) is 6.92 Å². The molecule has 3 heteroatoms. The maximum atomic E-state index is 4.41. The number of aromatic nitrogens is 2. The van der Waals surface area contributed by atoms with Crippen LogP contribution in [-0.2, 0) is 13.5 Å². The predicted molar refractivity (Wildman–Crippen MR) is 61.9 cm³/mol. The fourth-order valence-electron chi connectivity index (χ4n) is 2.63. The van der Waals surface area contributed by atoms with Crippen LogP contribution >= 0.6 is 0 Å². The Kier molecular flexibility index (Phi) is 2.83. The molecule has 1 saturated heterocycles. The number of hydrogen-bond donors (Lipinski definition) is 1. The Morgan fingerprint density at radius 2 is 2.40 bits per heavy atom. The molecule has 1 atom stereocenters. The predicted octanol–water partition coefficient (Wildman–Crippen LogP) is 1.80. The molecule has 2 heterocycles. The van der Waals surface area contributed by atoms with E-state index in [1.54, 1.807) is 0 Å². The third-order valence-electron chi connectivity index (χ3n) is 3.65. The fraction of sp³-hybridized carbons (Fsp3) is 0.750. The molecule has 0 aromatic carbocycles. The zero-order valence-corrected chi connectivity index (χ0v) is 10.0. The summed E-state index contributed by atoms with van der Waals surface area (Å²) in [6, 6.07) is 0. The van der Waals surface area contributed by atoms with Crippen LogP contribution in [0.15, 0.2) is 6.20 Å². The van der Waals surface area contributed by atoms with E-state index in [-0.39, 0.29) is 0 Å². The number of nitrogens with one attached hydrogen (secondary N) is 1. The van der Waals surface area contributed by atoms with Crippen molar-refractivity contribution in [1.82, 2.24) is 15.1 Å². The summed E-state index contributed by atoms with van der Waals surface area (Å²) in [7, 11) is 2.00. The summed E-state index contributed by atoms with van der Waals surface area (Å²) in [6.45, 7) is 5.56. The normalized spacial score (nSPS) is 26.1. The van der Waals surface area contributed by atoms with Gasteiger partial charge in [0.25, 0.3) is 0 Å². The molecule has 0 saturated carbocycles. The van der Waals surface area contributed by atoms with Gasteiger partial charge in [0.05, 0.1) is 5.69 Å². The average molecular weight is 207 g/mol. The third-order valence-corrected chi connectivity index (χ3v) is 3.65. The van der Waals surface area contributed by atoms with Gasteiger partial charge < -0.3 is 5.32 Å². The van der Waals surface area contributed by atoms with Crippen molar-refractivity contribution in [3.63, 3.8) is 0 Å². The standard InChI is InChI=1S/C12H21N3/c1-4-12(6-5-7-13-12)8-11-9-15(3)14-10(11)2/h9,13H,4-8H2,1-3H3. The van der Waals surface area contributed by atoms with E-state index >= 15 is 0 Å². The minimum absolute atomic E-state index is 0.341. The summed E-state index contributed by atoms with van der Waals surface area (Å²) < 4.78 is 1.92. The van der Waals surface area contributed by atoms with Gasteiger partial charge in [-0.2, -0.15) is 5.10 Å². The molecule has 1 aromatic heterocycles. The zero-order valence-electron chi connectivity index (χ0n) is 10.0. The van der Waals surface area contributed by atoms with E-state index in [0.717, 1.165) is 6.42 Å². The Bertz CT molecular complexity index is 335. The van der Waals surface area contributed by atoms with Crippen LogP contribution in [0.3, 0.4) is 0 Å². The van der Waals surface area contributed by atoms with Crippen LogP contribution in [0.5, 0.6) is 0 Å². The summed E-state index contributed by atoms with van der Waals surface area (Å²) in [5, 5.41) is 8.08. The van der Waals surface area contributed by atoms with Gasteiger partial charge in [0, 0.05) is 18.8 Å². The van der Waals surface area contributed by atoms with Crippen LogP contribution < -0.4 is 5.32 Å². The second-order valence-electron chi connectivity index (χ2n) is 4.75. The first-order chi connectivity index (χ1) is 7.15. The quantitative estimate of drug-likeness (QED) is 0.819. The summed E-state index contributed by atoms with van der Waals surface area (Å²) >= 11 is 0. The highest BCUT2D eigenvalue weighted by Crippen LogP contribution is 2.27. The largest absolute Gasteiger partial charge is 0.311 e. The first kappa shape index (κ1) is 10.7. The Morgan fingerprint density at radius 3 is 2.87 bits per heavy atom. The second kappa shape index (κ2) is 3.97. The minimum Gasteiger partial charge on any atom is -0.311 e. The lowest BCUT2D eigenvalue weighted by atomic mass is 9.87. The van der Waals surface area contributed by atoms with Gasteiger partial charge in [0.1, 0.15) is 0 Å². The first-order valence-corrected chi connectivity index (χ1v) is 5.89. The molecule has 1 unspecified atom stereocenters. The molecule has 1 fully saturated rings. The van der Waals surface area contributed by atoms with Gasteiger partial charge >= 0.3 is 0 Å². The van der Waals surface area contributed by atoms with Gasteiger partial charge in [-0.15, -0.1) is 0 Å². The van der Waals surface area contributed by atoms with Crippen molar-refractivity contribution in [2.45, 2.75) is 45.1 Å². The van der Waals surface area contributed by atoms with Crippen molar-refractivity contribution in [2.75, 3.05) is 6.54 Å². The minimum atomic E-state index is 0.341. The molecule has 84 valence electrons. The monoisotopic (exact) mass is 207 g/mol. The van der Waals surface area contributed by atoms with Crippen LogP contribution in [0.25, 0.3) is 0 Å². The third kappa shape index (κ3) is 2.07. The fourth-order valence-corrected chi connectivity index (χ4v) is 2.63. The van der Waals surface area contributed by atoms with E-state index in [2.05, 4.69) is 30.5 Å². The molecule has 0 amide bonds. The van der Waals surface area contributed by atoms with E-state index in [4.69, 9.17) is 0 Å². The van der Waals surface area contributed by atoms with Crippen molar-refractivity contribution < 1.29 is 0 Å². The van der Waals surface area contributed by atoms with Crippen molar-refractivity contribution in [1.29, 1.82) is 0 Å². The lowest BCUT2D eigenvalue weighted by Crippen LogP contribution is -2.41. The van der Waals surface area contributed by atoms with E-state index < -0.39 is 0 Å². The van der Waals surface area contributed by atoms with Crippen LogP contribution in [0.4, 0.5) is 0 Å². The molecule has 1 aromatic rings. The molecule has 0 aliphatic carbocycles. The SMILES string of the molecule is CCC1(Cc2cn(C)nc2C)CCCN1. The topological polar surface area (TPSA) is 29.9 Å². The summed E-state index contributed by atoms with van der Waals surface area (Å²) in [6.07, 6.45) is 7.11. The Balaban J connectivity index is 2.16. The van der Waals surface area contributed by atoms with Crippen molar-refractivity contribution >= 4 is 0 Å². The average Bonchev–Trinajstić information content (AvgIpc) is 2.76. The van der Waals surface area contributed by atoms with E-state index in [0.29, 0.717) is 5.54 Å². The summed E-state index contributed by atoms with van der Waals surface area (Å²) in [5.41, 5.74) is 2.92. The maximum Gasteiger partial charge on any atom is 0.0626 e. The first-order valence-electron chi connectivity index (χ1n) is 5.89. The molecular weight excluding hydrogens is 186 g/mol. The van der Waals surface area contributed by atoms with E-state index in [9.17, 15) is 0 Å². The van der Waals surface area contributed by atoms with Gasteiger partial charge in [-0.25, -0.2) is 0 Å². The molecule has 0 bridgehead atoms. The molecule has 15 heavy (non-hydrogen) atoms. The lowest BCUT2D eigenvalue weighted by Gasteiger charge is -2.27. The van der Waals surface area contributed by atoms with Gasteiger partial charge in [0.2, 0.25) is 0 Å². The molecule has 1 N–H and O–H groups in total.